The Morgan fingerprint density at radius 2 is 1.95 bits per heavy atom. The molecule has 0 radical (unpaired) electrons. The summed E-state index contributed by atoms with van der Waals surface area (Å²) in [7, 11) is 1.25. The Hall–Kier alpha value is -1.88. The fourth-order valence-corrected chi connectivity index (χ4v) is 2.83. The molecule has 20 heavy (non-hydrogen) atoms. The topological polar surface area (TPSA) is 75.6 Å². The van der Waals surface area contributed by atoms with Crippen LogP contribution in [0.2, 0.25) is 0 Å². The van der Waals surface area contributed by atoms with Crippen LogP contribution in [0.1, 0.15) is 25.8 Å². The Kier molecular flexibility index (Phi) is 3.56. The van der Waals surface area contributed by atoms with Gasteiger partial charge in [-0.25, -0.2) is 4.79 Å². The Morgan fingerprint density at radius 1 is 1.35 bits per heavy atom. The van der Waals surface area contributed by atoms with Gasteiger partial charge < -0.3 is 15.2 Å². The SMILES string of the molecule is COC(=O)[C@]1(CC(C)C)NC(=O)[C@@]1(O)c1ccccc1. The van der Waals surface area contributed by atoms with Crippen molar-refractivity contribution in [1.29, 1.82) is 0 Å². The van der Waals surface area contributed by atoms with Gasteiger partial charge in [0, 0.05) is 0 Å². The van der Waals surface area contributed by atoms with Crippen LogP contribution in [0.3, 0.4) is 0 Å². The van der Waals surface area contributed by atoms with Crippen molar-refractivity contribution >= 4 is 11.9 Å². The molecule has 1 aromatic carbocycles. The number of aliphatic hydroxyl groups is 1. The highest BCUT2D eigenvalue weighted by molar-refractivity contribution is 6.06. The summed E-state index contributed by atoms with van der Waals surface area (Å²) in [5, 5.41) is 13.5. The molecule has 5 nitrogen and oxygen atoms in total. The van der Waals surface area contributed by atoms with Gasteiger partial charge in [0.2, 0.25) is 5.60 Å². The maximum absolute atomic E-state index is 12.2. The zero-order chi connectivity index (χ0) is 15.0. The first-order valence-corrected chi connectivity index (χ1v) is 6.57. The van der Waals surface area contributed by atoms with Gasteiger partial charge in [-0.05, 0) is 17.9 Å². The molecule has 108 valence electrons. The quantitative estimate of drug-likeness (QED) is 0.635. The summed E-state index contributed by atoms with van der Waals surface area (Å²) in [5.74, 6) is -1.10. The number of ether oxygens (including phenoxy) is 1. The van der Waals surface area contributed by atoms with E-state index in [9.17, 15) is 14.7 Å². The van der Waals surface area contributed by atoms with E-state index >= 15 is 0 Å². The lowest BCUT2D eigenvalue weighted by molar-refractivity contribution is -0.197. The molecule has 2 atom stereocenters. The molecular weight excluding hydrogens is 258 g/mol. The van der Waals surface area contributed by atoms with Crippen LogP contribution in [0.25, 0.3) is 0 Å². The Morgan fingerprint density at radius 3 is 2.40 bits per heavy atom. The van der Waals surface area contributed by atoms with Crippen LogP contribution >= 0.6 is 0 Å². The lowest BCUT2D eigenvalue weighted by Crippen LogP contribution is -2.82. The van der Waals surface area contributed by atoms with Gasteiger partial charge in [-0.1, -0.05) is 44.2 Å². The summed E-state index contributed by atoms with van der Waals surface area (Å²) in [6, 6.07) is 8.49. The second-order valence-corrected chi connectivity index (χ2v) is 5.53. The van der Waals surface area contributed by atoms with E-state index in [4.69, 9.17) is 4.74 Å². The third-order valence-corrected chi connectivity index (χ3v) is 3.71. The predicted molar refractivity (Wildman–Crippen MR) is 72.7 cm³/mol. The molecule has 0 aromatic heterocycles. The van der Waals surface area contributed by atoms with Crippen molar-refractivity contribution in [1.82, 2.24) is 5.32 Å². The van der Waals surface area contributed by atoms with Gasteiger partial charge in [-0.15, -0.1) is 0 Å². The Bertz CT molecular complexity index is 528. The van der Waals surface area contributed by atoms with Crippen molar-refractivity contribution < 1.29 is 19.4 Å². The number of amides is 1. The van der Waals surface area contributed by atoms with Crippen LogP contribution in [0.4, 0.5) is 0 Å². The van der Waals surface area contributed by atoms with E-state index in [0.717, 1.165) is 0 Å². The second-order valence-electron chi connectivity index (χ2n) is 5.53. The molecule has 1 aliphatic rings. The van der Waals surface area contributed by atoms with Crippen LogP contribution < -0.4 is 5.32 Å². The molecular formula is C15H19NO4. The molecule has 0 bridgehead atoms. The van der Waals surface area contributed by atoms with Gasteiger partial charge in [0.25, 0.3) is 5.91 Å². The standard InChI is InChI=1S/C15H19NO4/c1-10(2)9-14(13(18)20-3)15(19,12(17)16-14)11-7-5-4-6-8-11/h4-8,10,19H,9H2,1-3H3,(H,16,17)/t14-,15-/m0/s1. The van der Waals surface area contributed by atoms with Gasteiger partial charge in [-0.3, -0.25) is 4.79 Å². The highest BCUT2D eigenvalue weighted by atomic mass is 16.5. The first-order chi connectivity index (χ1) is 9.38. The molecule has 2 N–H and O–H groups in total. The van der Waals surface area contributed by atoms with Gasteiger partial charge in [0.1, 0.15) is 0 Å². The van der Waals surface area contributed by atoms with E-state index in [1.165, 1.54) is 7.11 Å². The van der Waals surface area contributed by atoms with Gasteiger partial charge in [-0.2, -0.15) is 0 Å². The molecule has 0 aliphatic carbocycles. The predicted octanol–water partition coefficient (Wildman–Crippen LogP) is 0.962. The Labute approximate surface area is 117 Å². The second kappa shape index (κ2) is 4.90. The van der Waals surface area contributed by atoms with Gasteiger partial charge in [0.05, 0.1) is 7.11 Å². The minimum absolute atomic E-state index is 0.102. The van der Waals surface area contributed by atoms with Gasteiger partial charge >= 0.3 is 5.97 Å². The third kappa shape index (κ3) is 1.81. The van der Waals surface area contributed by atoms with Crippen LogP contribution in [0.15, 0.2) is 30.3 Å². The van der Waals surface area contributed by atoms with E-state index in [-0.39, 0.29) is 5.92 Å². The minimum Gasteiger partial charge on any atom is -0.467 e. The summed E-state index contributed by atoms with van der Waals surface area (Å²) < 4.78 is 4.81. The fourth-order valence-electron chi connectivity index (χ4n) is 2.83. The van der Waals surface area contributed by atoms with Crippen molar-refractivity contribution in [2.24, 2.45) is 5.92 Å². The summed E-state index contributed by atoms with van der Waals surface area (Å²) in [6.07, 6.45) is 0.302. The van der Waals surface area contributed by atoms with Crippen molar-refractivity contribution in [3.63, 3.8) is 0 Å². The number of benzene rings is 1. The summed E-state index contributed by atoms with van der Waals surface area (Å²) in [6.45, 7) is 3.83. The number of hydrogen-bond acceptors (Lipinski definition) is 4. The molecule has 1 heterocycles. The summed E-state index contributed by atoms with van der Waals surface area (Å²) in [4.78, 5) is 24.2. The molecule has 1 amide bonds. The lowest BCUT2D eigenvalue weighted by Gasteiger charge is -2.53. The third-order valence-electron chi connectivity index (χ3n) is 3.71. The fraction of sp³-hybridized carbons (Fsp3) is 0.467. The van der Waals surface area contributed by atoms with Crippen molar-refractivity contribution in [2.75, 3.05) is 7.11 Å². The first kappa shape index (κ1) is 14.5. The van der Waals surface area contributed by atoms with Crippen LogP contribution in [-0.2, 0) is 19.9 Å². The first-order valence-electron chi connectivity index (χ1n) is 6.57. The largest absolute Gasteiger partial charge is 0.467 e. The maximum atomic E-state index is 12.2. The van der Waals surface area contributed by atoms with Crippen LogP contribution in [-0.4, -0.2) is 29.6 Å². The highest BCUT2D eigenvalue weighted by Gasteiger charge is 2.71. The zero-order valence-corrected chi connectivity index (χ0v) is 11.8. The lowest BCUT2D eigenvalue weighted by atomic mass is 9.64. The average Bonchev–Trinajstić information content (AvgIpc) is 2.45. The molecule has 1 aromatic rings. The number of carbonyl (C=O) groups excluding carboxylic acids is 2. The van der Waals surface area contributed by atoms with E-state index in [1.54, 1.807) is 30.3 Å². The number of hydrogen-bond donors (Lipinski definition) is 2. The molecule has 0 unspecified atom stereocenters. The number of nitrogens with one attached hydrogen (secondary N) is 1. The minimum atomic E-state index is -1.88. The number of carbonyl (C=O) groups is 2. The summed E-state index contributed by atoms with van der Waals surface area (Å²) >= 11 is 0. The summed E-state index contributed by atoms with van der Waals surface area (Å²) in [5.41, 5.74) is -2.91. The van der Waals surface area contributed by atoms with E-state index in [2.05, 4.69) is 5.32 Å². The van der Waals surface area contributed by atoms with Crippen molar-refractivity contribution in [3.8, 4) is 0 Å². The smallest absolute Gasteiger partial charge is 0.335 e. The van der Waals surface area contributed by atoms with Crippen LogP contribution in [0, 0.1) is 5.92 Å². The van der Waals surface area contributed by atoms with Crippen molar-refractivity contribution in [3.05, 3.63) is 35.9 Å². The molecule has 5 heteroatoms. The number of β-lactam (4-membered cyclic amide) rings is 1. The molecule has 2 rings (SSSR count). The molecule has 0 saturated carbocycles. The maximum Gasteiger partial charge on any atom is 0.335 e. The highest BCUT2D eigenvalue weighted by Crippen LogP contribution is 2.45. The van der Waals surface area contributed by atoms with E-state index in [0.29, 0.717) is 12.0 Å². The number of esters is 1. The van der Waals surface area contributed by atoms with Crippen LogP contribution in [0.5, 0.6) is 0 Å². The average molecular weight is 277 g/mol. The Balaban J connectivity index is 2.53. The zero-order valence-electron chi connectivity index (χ0n) is 11.8. The number of rotatable bonds is 4. The van der Waals surface area contributed by atoms with Crippen molar-refractivity contribution in [2.45, 2.75) is 31.4 Å². The van der Waals surface area contributed by atoms with Gasteiger partial charge in [0.15, 0.2) is 5.54 Å². The normalized spacial score (nSPS) is 28.8. The monoisotopic (exact) mass is 277 g/mol. The molecule has 0 spiro atoms. The molecule has 1 fully saturated rings. The van der Waals surface area contributed by atoms with E-state index in [1.807, 2.05) is 13.8 Å². The molecule has 1 aliphatic heterocycles. The molecule has 1 saturated heterocycles. The van der Waals surface area contributed by atoms with E-state index < -0.39 is 23.0 Å². The number of methoxy groups -OCH3 is 1.